The van der Waals surface area contributed by atoms with E-state index in [2.05, 4.69) is 9.89 Å². The van der Waals surface area contributed by atoms with Crippen molar-refractivity contribution in [3.63, 3.8) is 0 Å². The molecule has 0 aliphatic rings. The number of alkyl halides is 3. The van der Waals surface area contributed by atoms with Crippen LogP contribution in [0.1, 0.15) is 37.0 Å². The Morgan fingerprint density at radius 3 is 2.30 bits per heavy atom. The van der Waals surface area contributed by atoms with Crippen LogP contribution in [0.25, 0.3) is 0 Å². The number of nitrogens with zero attached hydrogens (tertiary/aromatic N) is 2. The minimum Gasteiger partial charge on any atom is -0.449 e. The molecule has 0 saturated heterocycles. The summed E-state index contributed by atoms with van der Waals surface area (Å²) in [6, 6.07) is 10.6. The molecular weight excluding hydrogens is 485 g/mol. The molecule has 0 unspecified atom stereocenters. The third-order valence-electron chi connectivity index (χ3n) is 4.30. The van der Waals surface area contributed by atoms with Crippen LogP contribution < -0.4 is 4.31 Å². The van der Waals surface area contributed by atoms with Crippen molar-refractivity contribution in [3.8, 4) is 0 Å². The van der Waals surface area contributed by atoms with Crippen molar-refractivity contribution in [1.29, 1.82) is 0 Å². The molecule has 7 nitrogen and oxygen atoms in total. The third-order valence-corrected chi connectivity index (χ3v) is 5.97. The Kier molecular flexibility index (Phi) is 8.73. The van der Waals surface area contributed by atoms with E-state index in [-0.39, 0.29) is 30.9 Å². The van der Waals surface area contributed by atoms with E-state index in [0.717, 1.165) is 11.6 Å². The lowest BCUT2D eigenvalue weighted by Crippen LogP contribution is -2.45. The van der Waals surface area contributed by atoms with Crippen LogP contribution in [0, 0.1) is 6.92 Å². The molecule has 2 aromatic rings. The summed E-state index contributed by atoms with van der Waals surface area (Å²) in [7, 11) is -6.11. The predicted octanol–water partition coefficient (Wildman–Crippen LogP) is 5.79. The molecule has 2 rings (SSSR count). The molecule has 0 aliphatic heterocycles. The van der Waals surface area contributed by atoms with Crippen molar-refractivity contribution in [2.45, 2.75) is 39.3 Å². The van der Waals surface area contributed by atoms with Crippen LogP contribution in [0.5, 0.6) is 0 Å². The lowest BCUT2D eigenvalue weighted by atomic mass is 10.0. The van der Waals surface area contributed by atoms with Gasteiger partial charge in [0, 0.05) is 10.6 Å². The van der Waals surface area contributed by atoms with E-state index >= 15 is 0 Å². The molecule has 0 aromatic heterocycles. The van der Waals surface area contributed by atoms with Crippen molar-refractivity contribution < 1.29 is 36.0 Å². The van der Waals surface area contributed by atoms with Crippen molar-refractivity contribution >= 4 is 39.1 Å². The van der Waals surface area contributed by atoms with Gasteiger partial charge in [0.2, 0.25) is 0 Å². The second kappa shape index (κ2) is 10.9. The quantitative estimate of drug-likeness (QED) is 0.334. The SMILES string of the molecule is CCOC(=O)N(c1ccc(C)cc1/C(CC)=N/OCc1ccc(Cl)cc1)S(=O)(=O)C(F)(F)F. The molecule has 1 amide bonds. The molecule has 0 fully saturated rings. The van der Waals surface area contributed by atoms with Gasteiger partial charge in [-0.3, -0.25) is 0 Å². The van der Waals surface area contributed by atoms with Gasteiger partial charge in [-0.2, -0.15) is 25.9 Å². The Balaban J connectivity index is 2.55. The van der Waals surface area contributed by atoms with E-state index in [4.69, 9.17) is 16.4 Å². The van der Waals surface area contributed by atoms with E-state index in [1.54, 1.807) is 38.1 Å². The van der Waals surface area contributed by atoms with Crippen molar-refractivity contribution in [2.24, 2.45) is 5.16 Å². The molecule has 0 N–H and O–H groups in total. The Hall–Kier alpha value is -2.79. The average Bonchev–Trinajstić information content (AvgIpc) is 2.73. The maximum absolute atomic E-state index is 13.4. The number of aryl methyl sites for hydroxylation is 1. The minimum absolute atomic E-state index is 0.0190. The van der Waals surface area contributed by atoms with Crippen LogP contribution >= 0.6 is 11.6 Å². The number of rotatable bonds is 8. The van der Waals surface area contributed by atoms with Crippen LogP contribution in [-0.2, 0) is 26.2 Å². The smallest absolute Gasteiger partial charge is 0.449 e. The number of hydrogen-bond donors (Lipinski definition) is 0. The highest BCUT2D eigenvalue weighted by atomic mass is 35.5. The second-order valence-corrected chi connectivity index (χ2v) is 8.94. The summed E-state index contributed by atoms with van der Waals surface area (Å²) in [6.45, 7) is 4.36. The molecule has 0 radical (unpaired) electrons. The highest BCUT2D eigenvalue weighted by molar-refractivity contribution is 7.94. The fourth-order valence-corrected chi connectivity index (χ4v) is 3.74. The first kappa shape index (κ1) is 26.5. The van der Waals surface area contributed by atoms with Crippen molar-refractivity contribution in [3.05, 3.63) is 64.2 Å². The van der Waals surface area contributed by atoms with E-state index < -0.39 is 31.6 Å². The first-order chi connectivity index (χ1) is 15.4. The minimum atomic E-state index is -6.11. The van der Waals surface area contributed by atoms with E-state index in [1.807, 2.05) is 0 Å². The highest BCUT2D eigenvalue weighted by Gasteiger charge is 2.53. The molecule has 0 heterocycles. The Morgan fingerprint density at radius 1 is 1.12 bits per heavy atom. The number of anilines is 1. The van der Waals surface area contributed by atoms with Gasteiger partial charge in [-0.1, -0.05) is 47.4 Å². The van der Waals surface area contributed by atoms with Crippen LogP contribution in [0.15, 0.2) is 47.6 Å². The van der Waals surface area contributed by atoms with Gasteiger partial charge < -0.3 is 9.57 Å². The molecule has 0 atom stereocenters. The molecule has 0 bridgehead atoms. The van der Waals surface area contributed by atoms with Crippen LogP contribution in [0.4, 0.5) is 23.7 Å². The number of carbonyl (C=O) groups excluding carboxylic acids is 1. The van der Waals surface area contributed by atoms with E-state index in [9.17, 15) is 26.4 Å². The van der Waals surface area contributed by atoms with Gasteiger partial charge in [0.25, 0.3) is 0 Å². The number of hydrogen-bond acceptors (Lipinski definition) is 6. The average molecular weight is 507 g/mol. The number of amides is 1. The molecule has 2 aromatic carbocycles. The Bertz CT molecular complexity index is 1120. The predicted molar refractivity (Wildman–Crippen MR) is 119 cm³/mol. The summed E-state index contributed by atoms with van der Waals surface area (Å²) in [4.78, 5) is 17.7. The van der Waals surface area contributed by atoms with Crippen LogP contribution in [0.2, 0.25) is 5.02 Å². The first-order valence-electron chi connectivity index (χ1n) is 9.75. The van der Waals surface area contributed by atoms with Gasteiger partial charge in [0.05, 0.1) is 18.0 Å². The highest BCUT2D eigenvalue weighted by Crippen LogP contribution is 2.34. The maximum Gasteiger partial charge on any atom is 0.517 e. The molecule has 0 aliphatic carbocycles. The molecule has 33 heavy (non-hydrogen) atoms. The Morgan fingerprint density at radius 2 is 1.76 bits per heavy atom. The molecule has 0 spiro atoms. The van der Waals surface area contributed by atoms with Crippen LogP contribution in [0.3, 0.4) is 0 Å². The topological polar surface area (TPSA) is 85.3 Å². The molecule has 180 valence electrons. The number of sulfonamides is 1. The lowest BCUT2D eigenvalue weighted by Gasteiger charge is -2.25. The van der Waals surface area contributed by atoms with Gasteiger partial charge in [-0.15, -0.1) is 0 Å². The second-order valence-electron chi connectivity index (χ2n) is 6.73. The Labute approximate surface area is 194 Å². The number of oxime groups is 1. The first-order valence-corrected chi connectivity index (χ1v) is 11.6. The normalized spacial score (nSPS) is 12.4. The number of ether oxygens (including phenoxy) is 1. The summed E-state index contributed by atoms with van der Waals surface area (Å²) in [6.07, 6.45) is -1.52. The largest absolute Gasteiger partial charge is 0.517 e. The fraction of sp³-hybridized carbons (Fsp3) is 0.333. The van der Waals surface area contributed by atoms with Gasteiger partial charge in [0.1, 0.15) is 6.61 Å². The zero-order valence-corrected chi connectivity index (χ0v) is 19.6. The molecular formula is C21H22ClF3N2O5S. The monoisotopic (exact) mass is 506 g/mol. The summed E-state index contributed by atoms with van der Waals surface area (Å²) in [5, 5.41) is 4.53. The van der Waals surface area contributed by atoms with Crippen LogP contribution in [-0.4, -0.2) is 32.3 Å². The zero-order chi connectivity index (χ0) is 24.8. The fourth-order valence-electron chi connectivity index (χ4n) is 2.74. The lowest BCUT2D eigenvalue weighted by molar-refractivity contribution is -0.0438. The maximum atomic E-state index is 13.4. The van der Waals surface area contributed by atoms with Gasteiger partial charge in [-0.25, -0.2) is 4.79 Å². The summed E-state index contributed by atoms with van der Waals surface area (Å²) >= 11 is 5.84. The van der Waals surface area contributed by atoms with Crippen molar-refractivity contribution in [1.82, 2.24) is 0 Å². The standard InChI is InChI=1S/C21H22ClF3N2O5S/c1-4-18(26-32-13-15-7-9-16(22)10-8-15)17-12-14(3)6-11-19(17)27(20(28)31-5-2)33(29,30)21(23,24)25/h6-12H,4-5,13H2,1-3H3/b26-18+. The molecule has 0 saturated carbocycles. The summed E-state index contributed by atoms with van der Waals surface area (Å²) in [5.74, 6) is 0. The van der Waals surface area contributed by atoms with Gasteiger partial charge >= 0.3 is 21.6 Å². The molecule has 12 heteroatoms. The summed E-state index contributed by atoms with van der Waals surface area (Å²) < 4.78 is 68.9. The number of carbonyl (C=O) groups is 1. The number of benzene rings is 2. The summed E-state index contributed by atoms with van der Waals surface area (Å²) in [5.41, 5.74) is -4.84. The van der Waals surface area contributed by atoms with E-state index in [1.165, 1.54) is 19.1 Å². The zero-order valence-electron chi connectivity index (χ0n) is 18.0. The van der Waals surface area contributed by atoms with E-state index in [0.29, 0.717) is 10.6 Å². The third kappa shape index (κ3) is 6.38. The number of halogens is 4. The van der Waals surface area contributed by atoms with Crippen molar-refractivity contribution in [2.75, 3.05) is 10.9 Å². The van der Waals surface area contributed by atoms with Gasteiger partial charge in [0.15, 0.2) is 0 Å². The van der Waals surface area contributed by atoms with Gasteiger partial charge in [-0.05, 0) is 50.1 Å².